The smallest absolute Gasteiger partial charge is 0.255 e. The highest BCUT2D eigenvalue weighted by molar-refractivity contribution is 6.31. The van der Waals surface area contributed by atoms with Crippen LogP contribution >= 0.6 is 11.6 Å². The number of benzene rings is 1. The van der Waals surface area contributed by atoms with Crippen molar-refractivity contribution >= 4 is 23.2 Å². The zero-order chi connectivity index (χ0) is 14.9. The van der Waals surface area contributed by atoms with Gasteiger partial charge in [-0.3, -0.25) is 9.78 Å². The Hall–Kier alpha value is -1.91. The maximum absolute atomic E-state index is 12.1. The predicted octanol–water partition coefficient (Wildman–Crippen LogP) is 3.33. The molecule has 0 atom stereocenters. The summed E-state index contributed by atoms with van der Waals surface area (Å²) in [5.74, 6) is -0.210. The van der Waals surface area contributed by atoms with Crippen LogP contribution in [0.1, 0.15) is 35.3 Å². The minimum absolute atomic E-state index is 0.210. The molecule has 1 aliphatic rings. The molecule has 1 saturated carbocycles. The molecule has 21 heavy (non-hydrogen) atoms. The predicted molar refractivity (Wildman–Crippen MR) is 83.4 cm³/mol. The minimum Gasteiger partial charge on any atom is -0.321 e. The van der Waals surface area contributed by atoms with Crippen molar-refractivity contribution in [1.29, 1.82) is 0 Å². The lowest BCUT2D eigenvalue weighted by atomic mass is 9.75. The standard InChI is InChI=1S/C16H16ClN3O/c17-12-4-1-3-11(9-12)15(21)20-13-5-6-14(19-10-13)16(18)7-2-8-16/h1,3-6,9-10H,2,7-8,18H2,(H,20,21). The van der Waals surface area contributed by atoms with Crippen LogP contribution in [0, 0.1) is 0 Å². The summed E-state index contributed by atoms with van der Waals surface area (Å²) in [4.78, 5) is 16.5. The van der Waals surface area contributed by atoms with Gasteiger partial charge in [-0.15, -0.1) is 0 Å². The van der Waals surface area contributed by atoms with Gasteiger partial charge in [-0.2, -0.15) is 0 Å². The molecule has 1 fully saturated rings. The van der Waals surface area contributed by atoms with E-state index in [0.717, 1.165) is 25.0 Å². The van der Waals surface area contributed by atoms with Crippen molar-refractivity contribution in [2.24, 2.45) is 5.73 Å². The molecule has 3 rings (SSSR count). The summed E-state index contributed by atoms with van der Waals surface area (Å²) in [5.41, 5.74) is 7.98. The fourth-order valence-corrected chi connectivity index (χ4v) is 2.60. The summed E-state index contributed by atoms with van der Waals surface area (Å²) in [5, 5.41) is 3.33. The van der Waals surface area contributed by atoms with E-state index in [9.17, 15) is 4.79 Å². The Bertz CT molecular complexity index is 665. The third kappa shape index (κ3) is 2.91. The molecular weight excluding hydrogens is 286 g/mol. The van der Waals surface area contributed by atoms with Crippen LogP contribution in [0.25, 0.3) is 0 Å². The van der Waals surface area contributed by atoms with Gasteiger partial charge in [0, 0.05) is 10.6 Å². The molecule has 1 aromatic carbocycles. The number of carbonyl (C=O) groups is 1. The van der Waals surface area contributed by atoms with Crippen molar-refractivity contribution in [2.45, 2.75) is 24.8 Å². The molecule has 1 aromatic heterocycles. The van der Waals surface area contributed by atoms with Crippen molar-refractivity contribution in [3.63, 3.8) is 0 Å². The first-order valence-electron chi connectivity index (χ1n) is 6.89. The lowest BCUT2D eigenvalue weighted by Gasteiger charge is -2.37. The molecule has 0 radical (unpaired) electrons. The van der Waals surface area contributed by atoms with E-state index in [-0.39, 0.29) is 11.4 Å². The van der Waals surface area contributed by atoms with Crippen molar-refractivity contribution in [2.75, 3.05) is 5.32 Å². The second-order valence-electron chi connectivity index (χ2n) is 5.41. The first-order chi connectivity index (χ1) is 10.1. The molecule has 0 saturated heterocycles. The fourth-order valence-electron chi connectivity index (χ4n) is 2.41. The van der Waals surface area contributed by atoms with Crippen LogP contribution in [0.2, 0.25) is 5.02 Å². The largest absolute Gasteiger partial charge is 0.321 e. The summed E-state index contributed by atoms with van der Waals surface area (Å²) in [6.45, 7) is 0. The van der Waals surface area contributed by atoms with Crippen LogP contribution in [0.15, 0.2) is 42.6 Å². The topological polar surface area (TPSA) is 68.0 Å². The molecule has 1 heterocycles. The van der Waals surface area contributed by atoms with E-state index >= 15 is 0 Å². The van der Waals surface area contributed by atoms with Crippen molar-refractivity contribution in [3.05, 3.63) is 58.9 Å². The SMILES string of the molecule is NC1(c2ccc(NC(=O)c3cccc(Cl)c3)cn2)CCC1. The van der Waals surface area contributed by atoms with Crippen LogP contribution < -0.4 is 11.1 Å². The number of carbonyl (C=O) groups excluding carboxylic acids is 1. The second-order valence-corrected chi connectivity index (χ2v) is 5.84. The average Bonchev–Trinajstić information content (AvgIpc) is 2.45. The number of halogens is 1. The van der Waals surface area contributed by atoms with E-state index < -0.39 is 0 Å². The number of nitrogens with two attached hydrogens (primary N) is 1. The molecule has 0 unspecified atom stereocenters. The number of hydrogen-bond donors (Lipinski definition) is 2. The number of nitrogens with one attached hydrogen (secondary N) is 1. The number of amides is 1. The summed E-state index contributed by atoms with van der Waals surface area (Å²) in [7, 11) is 0. The third-order valence-corrected chi connectivity index (χ3v) is 4.10. The molecule has 108 valence electrons. The van der Waals surface area contributed by atoms with Crippen molar-refractivity contribution in [3.8, 4) is 0 Å². The maximum atomic E-state index is 12.1. The molecule has 0 spiro atoms. The summed E-state index contributed by atoms with van der Waals surface area (Å²) in [6.07, 6.45) is 4.72. The Morgan fingerprint density at radius 1 is 1.29 bits per heavy atom. The normalized spacial score (nSPS) is 16.1. The molecule has 1 aliphatic carbocycles. The van der Waals surface area contributed by atoms with E-state index in [1.807, 2.05) is 12.1 Å². The zero-order valence-corrected chi connectivity index (χ0v) is 12.2. The van der Waals surface area contributed by atoms with E-state index in [0.29, 0.717) is 16.3 Å². The van der Waals surface area contributed by atoms with Gasteiger partial charge in [0.1, 0.15) is 0 Å². The number of nitrogens with zero attached hydrogens (tertiary/aromatic N) is 1. The monoisotopic (exact) mass is 301 g/mol. The second kappa shape index (κ2) is 5.47. The lowest BCUT2D eigenvalue weighted by Crippen LogP contribution is -2.43. The molecule has 4 nitrogen and oxygen atoms in total. The van der Waals surface area contributed by atoms with Gasteiger partial charge in [0.15, 0.2) is 0 Å². The van der Waals surface area contributed by atoms with Crippen LogP contribution in [0.5, 0.6) is 0 Å². The van der Waals surface area contributed by atoms with E-state index in [2.05, 4.69) is 10.3 Å². The molecule has 2 aromatic rings. The summed E-state index contributed by atoms with van der Waals surface area (Å²) < 4.78 is 0. The molecule has 5 heteroatoms. The van der Waals surface area contributed by atoms with Gasteiger partial charge >= 0.3 is 0 Å². The zero-order valence-electron chi connectivity index (χ0n) is 11.5. The number of rotatable bonds is 3. The summed E-state index contributed by atoms with van der Waals surface area (Å²) in [6, 6.07) is 10.5. The van der Waals surface area contributed by atoms with E-state index in [4.69, 9.17) is 17.3 Å². The number of aromatic nitrogens is 1. The Kier molecular flexibility index (Phi) is 3.66. The molecule has 1 amide bonds. The molecule has 0 bridgehead atoms. The van der Waals surface area contributed by atoms with Gasteiger partial charge < -0.3 is 11.1 Å². The highest BCUT2D eigenvalue weighted by Gasteiger charge is 2.35. The highest BCUT2D eigenvalue weighted by atomic mass is 35.5. The van der Waals surface area contributed by atoms with E-state index in [1.54, 1.807) is 30.5 Å². The van der Waals surface area contributed by atoms with Crippen LogP contribution in [-0.4, -0.2) is 10.9 Å². The van der Waals surface area contributed by atoms with Crippen LogP contribution in [0.4, 0.5) is 5.69 Å². The van der Waals surface area contributed by atoms with Gasteiger partial charge in [-0.25, -0.2) is 0 Å². The van der Waals surface area contributed by atoms with Gasteiger partial charge in [0.05, 0.1) is 23.1 Å². The number of pyridine rings is 1. The van der Waals surface area contributed by atoms with Gasteiger partial charge in [-0.1, -0.05) is 17.7 Å². The Balaban J connectivity index is 1.72. The number of anilines is 1. The molecular formula is C16H16ClN3O. The average molecular weight is 302 g/mol. The molecule has 3 N–H and O–H groups in total. The number of hydrogen-bond acceptors (Lipinski definition) is 3. The Morgan fingerprint density at radius 3 is 2.67 bits per heavy atom. The highest BCUT2D eigenvalue weighted by Crippen LogP contribution is 2.37. The Morgan fingerprint density at radius 2 is 2.10 bits per heavy atom. The maximum Gasteiger partial charge on any atom is 0.255 e. The third-order valence-electron chi connectivity index (χ3n) is 3.86. The van der Waals surface area contributed by atoms with Crippen LogP contribution in [0.3, 0.4) is 0 Å². The first-order valence-corrected chi connectivity index (χ1v) is 7.27. The van der Waals surface area contributed by atoms with Crippen molar-refractivity contribution in [1.82, 2.24) is 4.98 Å². The van der Waals surface area contributed by atoms with Gasteiger partial charge in [0.2, 0.25) is 0 Å². The fraction of sp³-hybridized carbons (Fsp3) is 0.250. The van der Waals surface area contributed by atoms with E-state index in [1.165, 1.54) is 0 Å². The van der Waals surface area contributed by atoms with Crippen molar-refractivity contribution < 1.29 is 4.79 Å². The first kappa shape index (κ1) is 14.0. The molecule has 0 aliphatic heterocycles. The van der Waals surface area contributed by atoms with Gasteiger partial charge in [0.25, 0.3) is 5.91 Å². The quantitative estimate of drug-likeness (QED) is 0.913. The lowest BCUT2D eigenvalue weighted by molar-refractivity contribution is 0.102. The van der Waals surface area contributed by atoms with Crippen LogP contribution in [-0.2, 0) is 5.54 Å². The van der Waals surface area contributed by atoms with Gasteiger partial charge in [-0.05, 0) is 49.6 Å². The summed E-state index contributed by atoms with van der Waals surface area (Å²) >= 11 is 5.88. The Labute approximate surface area is 128 Å². The minimum atomic E-state index is -0.282.